The van der Waals surface area contributed by atoms with Crippen LogP contribution in [-0.4, -0.2) is 20.1 Å². The van der Waals surface area contributed by atoms with Crippen LogP contribution in [0.3, 0.4) is 0 Å². The summed E-state index contributed by atoms with van der Waals surface area (Å²) in [5, 5.41) is 2.81. The first-order valence-electron chi connectivity index (χ1n) is 13.9. The van der Waals surface area contributed by atoms with Crippen molar-refractivity contribution in [1.29, 1.82) is 0 Å². The van der Waals surface area contributed by atoms with Gasteiger partial charge in [-0.05, 0) is 58.7 Å². The molecule has 0 amide bonds. The van der Waals surface area contributed by atoms with E-state index in [9.17, 15) is 0 Å². The monoisotopic (exact) mass is 460 g/mol. The van der Waals surface area contributed by atoms with Crippen LogP contribution in [0.25, 0.3) is 22.3 Å². The molecule has 36 heavy (non-hydrogen) atoms. The fourth-order valence-corrected chi connectivity index (χ4v) is 7.44. The first kappa shape index (κ1) is 22.0. The van der Waals surface area contributed by atoms with E-state index in [-0.39, 0.29) is 0 Å². The predicted octanol–water partition coefficient (Wildman–Crippen LogP) is 6.60. The second-order valence-electron chi connectivity index (χ2n) is 11.1. The van der Waals surface area contributed by atoms with E-state index in [1.54, 1.807) is 27.5 Å². The van der Waals surface area contributed by atoms with Crippen molar-refractivity contribution in [2.75, 3.05) is 0 Å². The number of hydrogen-bond acceptors (Lipinski definition) is 0. The smallest absolute Gasteiger partial charge is 0.0892 e. The number of aryl methyl sites for hydroxylation is 2. The molecule has 3 aliphatic rings. The molecule has 0 saturated carbocycles. The molecule has 1 fully saturated rings. The van der Waals surface area contributed by atoms with Gasteiger partial charge in [-0.15, -0.1) is 0 Å². The van der Waals surface area contributed by atoms with Crippen LogP contribution in [0.5, 0.6) is 0 Å². The zero-order valence-corrected chi connectivity index (χ0v) is 21.0. The van der Waals surface area contributed by atoms with E-state index in [4.69, 9.17) is 0 Å². The van der Waals surface area contributed by atoms with Gasteiger partial charge in [0.25, 0.3) is 0 Å². The molecule has 3 heteroatoms. The average Bonchev–Trinajstić information content (AvgIpc) is 2.96. The van der Waals surface area contributed by atoms with E-state index in [0.29, 0.717) is 20.1 Å². The lowest BCUT2D eigenvalue weighted by atomic mass is 9.05. The third-order valence-electron chi connectivity index (χ3n) is 9.05. The van der Waals surface area contributed by atoms with Gasteiger partial charge in [0.15, 0.2) is 20.1 Å². The Morgan fingerprint density at radius 1 is 0.556 bits per heavy atom. The molecule has 4 aromatic carbocycles. The Hall–Kier alpha value is -3.19. The molecule has 1 saturated heterocycles. The highest BCUT2D eigenvalue weighted by Gasteiger charge is 2.40. The molecule has 0 radical (unpaired) electrons. The first-order valence-corrected chi connectivity index (χ1v) is 13.9. The summed E-state index contributed by atoms with van der Waals surface area (Å²) in [6, 6.07) is 32.2. The summed E-state index contributed by atoms with van der Waals surface area (Å²) in [6.07, 6.45) is 15.8. The van der Waals surface area contributed by atoms with Crippen LogP contribution in [0, 0.1) is 0 Å². The maximum Gasteiger partial charge on any atom is 0.162 e. The van der Waals surface area contributed by atoms with Crippen LogP contribution in [0.4, 0.5) is 0 Å². The fraction of sp³-hybridized carbons (Fsp3) is 0.212. The summed E-state index contributed by atoms with van der Waals surface area (Å²) in [7, 11) is 0. The van der Waals surface area contributed by atoms with Gasteiger partial charge in [0.1, 0.15) is 0 Å². The van der Waals surface area contributed by atoms with E-state index in [1.807, 2.05) is 0 Å². The quantitative estimate of drug-likeness (QED) is 0.303. The fourth-order valence-electron chi connectivity index (χ4n) is 7.44. The highest BCUT2D eigenvalue weighted by atomic mass is 14.1. The van der Waals surface area contributed by atoms with E-state index in [1.165, 1.54) is 66.2 Å². The Morgan fingerprint density at radius 3 is 2.22 bits per heavy atom. The van der Waals surface area contributed by atoms with Crippen LogP contribution in [0.2, 0.25) is 18.7 Å². The number of hydrogen-bond donors (Lipinski definition) is 0. The van der Waals surface area contributed by atoms with Crippen molar-refractivity contribution in [3.8, 4) is 0 Å². The SMILES string of the molecule is C1=Cc2c(cccc2B2CB(C3=CCCc4ccccc43)CB(c3cccc4ccccc34)C2)CC1. The second-order valence-corrected chi connectivity index (χ2v) is 11.1. The molecule has 1 heterocycles. The molecule has 0 N–H and O–H groups in total. The molecular formula is C33H31B3. The first-order chi connectivity index (χ1) is 17.8. The van der Waals surface area contributed by atoms with Crippen molar-refractivity contribution in [1.82, 2.24) is 0 Å². The predicted molar refractivity (Wildman–Crippen MR) is 161 cm³/mol. The maximum absolute atomic E-state index is 2.58. The topological polar surface area (TPSA) is 0 Å². The lowest BCUT2D eigenvalue weighted by molar-refractivity contribution is 0.982. The maximum atomic E-state index is 2.58. The Balaban J connectivity index is 1.34. The highest BCUT2D eigenvalue weighted by molar-refractivity contribution is 7.08. The molecular weight excluding hydrogens is 429 g/mol. The highest BCUT2D eigenvalue weighted by Crippen LogP contribution is 2.35. The summed E-state index contributed by atoms with van der Waals surface area (Å²) in [5.41, 5.74) is 10.9. The van der Waals surface area contributed by atoms with Crippen molar-refractivity contribution in [3.63, 3.8) is 0 Å². The molecule has 4 aromatic rings. The number of benzene rings is 4. The Bertz CT molecular complexity index is 1490. The van der Waals surface area contributed by atoms with Gasteiger partial charge in [-0.2, -0.15) is 0 Å². The molecule has 2 aliphatic carbocycles. The van der Waals surface area contributed by atoms with E-state index >= 15 is 0 Å². The molecule has 172 valence electrons. The van der Waals surface area contributed by atoms with Crippen LogP contribution in [0.15, 0.2) is 97.1 Å². The lowest BCUT2D eigenvalue weighted by Gasteiger charge is -2.35. The number of rotatable bonds is 3. The third kappa shape index (κ3) is 3.90. The molecule has 0 atom stereocenters. The molecule has 1 aliphatic heterocycles. The van der Waals surface area contributed by atoms with Crippen molar-refractivity contribution in [2.45, 2.75) is 44.3 Å². The van der Waals surface area contributed by atoms with Crippen molar-refractivity contribution < 1.29 is 0 Å². The van der Waals surface area contributed by atoms with Gasteiger partial charge in [0.2, 0.25) is 0 Å². The van der Waals surface area contributed by atoms with Gasteiger partial charge in [-0.3, -0.25) is 0 Å². The summed E-state index contributed by atoms with van der Waals surface area (Å²) in [4.78, 5) is 0. The van der Waals surface area contributed by atoms with Crippen LogP contribution in [-0.2, 0) is 12.8 Å². The van der Waals surface area contributed by atoms with Gasteiger partial charge >= 0.3 is 0 Å². The number of allylic oxidation sites excluding steroid dienone is 2. The normalized spacial score (nSPS) is 17.1. The largest absolute Gasteiger partial charge is 0.162 e. The van der Waals surface area contributed by atoms with Crippen molar-refractivity contribution in [3.05, 3.63) is 119 Å². The van der Waals surface area contributed by atoms with Crippen LogP contribution in [0.1, 0.15) is 35.1 Å². The molecule has 0 nitrogen and oxygen atoms in total. The van der Waals surface area contributed by atoms with Gasteiger partial charge < -0.3 is 0 Å². The number of fused-ring (bicyclic) bond motifs is 3. The summed E-state index contributed by atoms with van der Waals surface area (Å²) in [6.45, 7) is 1.75. The Morgan fingerprint density at radius 2 is 1.25 bits per heavy atom. The molecule has 0 unspecified atom stereocenters. The zero-order valence-electron chi connectivity index (χ0n) is 21.0. The molecule has 0 bridgehead atoms. The van der Waals surface area contributed by atoms with E-state index in [0.717, 1.165) is 0 Å². The minimum absolute atomic E-state index is 0.568. The molecule has 0 aromatic heterocycles. The van der Waals surface area contributed by atoms with Gasteiger partial charge in [-0.1, -0.05) is 138 Å². The Kier molecular flexibility index (Phi) is 5.73. The summed E-state index contributed by atoms with van der Waals surface area (Å²) < 4.78 is 0. The zero-order chi connectivity index (χ0) is 23.9. The van der Waals surface area contributed by atoms with Gasteiger partial charge in [0.05, 0.1) is 0 Å². The summed E-state index contributed by atoms with van der Waals surface area (Å²) >= 11 is 0. The second kappa shape index (κ2) is 9.36. The average molecular weight is 460 g/mol. The van der Waals surface area contributed by atoms with Crippen LogP contribution < -0.4 is 10.9 Å². The van der Waals surface area contributed by atoms with Crippen molar-refractivity contribution >= 4 is 53.4 Å². The van der Waals surface area contributed by atoms with Gasteiger partial charge in [-0.25, -0.2) is 0 Å². The Labute approximate surface area is 216 Å². The van der Waals surface area contributed by atoms with E-state index < -0.39 is 0 Å². The third-order valence-corrected chi connectivity index (χ3v) is 9.05. The molecule has 7 rings (SSSR count). The van der Waals surface area contributed by atoms with Crippen LogP contribution >= 0.6 is 0 Å². The minimum Gasteiger partial charge on any atom is -0.0892 e. The standard InChI is InChI=1S/C33H31B3/c1-4-16-28-25(10-1)13-7-19-31(28)34-22-35(32-20-8-14-26-11-2-5-17-29(26)32)24-36(23-34)33-21-9-15-27-12-3-6-18-30(27)33/h1-2,4-7,9-11,13,15-21H,3,8,12,14,22-24H2. The summed E-state index contributed by atoms with van der Waals surface area (Å²) in [5.74, 6) is 0. The lowest BCUT2D eigenvalue weighted by Crippen LogP contribution is -2.51. The van der Waals surface area contributed by atoms with Gasteiger partial charge in [0, 0.05) is 0 Å². The van der Waals surface area contributed by atoms with E-state index in [2.05, 4.69) is 103 Å². The molecule has 0 spiro atoms. The van der Waals surface area contributed by atoms with Crippen molar-refractivity contribution in [2.24, 2.45) is 0 Å². The minimum atomic E-state index is 0.568.